The minimum absolute atomic E-state index is 0.0689. The first-order valence-electron chi connectivity index (χ1n) is 14.3. The third kappa shape index (κ3) is 6.72. The summed E-state index contributed by atoms with van der Waals surface area (Å²) >= 11 is 19.1. The highest BCUT2D eigenvalue weighted by atomic mass is 35.5. The van der Waals surface area contributed by atoms with Crippen LogP contribution < -0.4 is 10.9 Å². The van der Waals surface area contributed by atoms with E-state index in [2.05, 4.69) is 15.4 Å². The number of carbonyl (C=O) groups excluding carboxylic acids is 2. The van der Waals surface area contributed by atoms with Gasteiger partial charge in [-0.15, -0.1) is 0 Å². The average Bonchev–Trinajstić information content (AvgIpc) is 3.55. The summed E-state index contributed by atoms with van der Waals surface area (Å²) in [5.41, 5.74) is 1.73. The van der Waals surface area contributed by atoms with Crippen molar-refractivity contribution in [1.82, 2.24) is 24.6 Å². The molecule has 1 aliphatic rings. The van der Waals surface area contributed by atoms with Gasteiger partial charge in [0.1, 0.15) is 28.5 Å². The first-order chi connectivity index (χ1) is 20.7. The van der Waals surface area contributed by atoms with Gasteiger partial charge in [0.05, 0.1) is 15.7 Å². The Morgan fingerprint density at radius 2 is 1.77 bits per heavy atom. The van der Waals surface area contributed by atoms with Crippen molar-refractivity contribution in [3.8, 4) is 5.69 Å². The molecule has 2 aromatic carbocycles. The minimum atomic E-state index is -0.646. The molecule has 1 unspecified atom stereocenters. The van der Waals surface area contributed by atoms with E-state index < -0.39 is 17.7 Å². The highest BCUT2D eigenvalue weighted by Gasteiger charge is 2.36. The van der Waals surface area contributed by atoms with E-state index >= 15 is 0 Å². The largest absolute Gasteiger partial charge is 0.444 e. The zero-order valence-corrected chi connectivity index (χ0v) is 27.3. The fraction of sp³-hybridized carbons (Fsp3) is 0.387. The Labute approximate surface area is 269 Å². The predicted molar refractivity (Wildman–Crippen MR) is 172 cm³/mol. The third-order valence-electron chi connectivity index (χ3n) is 7.13. The molecule has 10 nitrogen and oxygen atoms in total. The molecule has 0 saturated carbocycles. The van der Waals surface area contributed by atoms with Crippen molar-refractivity contribution < 1.29 is 14.3 Å². The summed E-state index contributed by atoms with van der Waals surface area (Å²) in [7, 11) is 0. The van der Waals surface area contributed by atoms with E-state index in [0.29, 0.717) is 58.3 Å². The lowest BCUT2D eigenvalue weighted by Crippen LogP contribution is -2.45. The molecular formula is C31H33Cl3N6O4. The van der Waals surface area contributed by atoms with Crippen LogP contribution in [0.4, 0.5) is 10.5 Å². The summed E-state index contributed by atoms with van der Waals surface area (Å²) in [6.45, 7) is 9.73. The number of rotatable bonds is 6. The second kappa shape index (κ2) is 12.4. The van der Waals surface area contributed by atoms with Crippen LogP contribution in [0.25, 0.3) is 16.7 Å². The van der Waals surface area contributed by atoms with E-state index in [1.807, 2.05) is 26.0 Å². The average molecular weight is 660 g/mol. The summed E-state index contributed by atoms with van der Waals surface area (Å²) in [5, 5.41) is 8.85. The Morgan fingerprint density at radius 3 is 2.39 bits per heavy atom. The number of H-pyrrole nitrogens is 1. The van der Waals surface area contributed by atoms with Gasteiger partial charge in [-0.1, -0.05) is 60.8 Å². The molecule has 2 aromatic heterocycles. The van der Waals surface area contributed by atoms with Crippen LogP contribution in [0.5, 0.6) is 0 Å². The summed E-state index contributed by atoms with van der Waals surface area (Å²) in [6.07, 6.45) is 1.09. The number of benzene rings is 2. The van der Waals surface area contributed by atoms with Crippen LogP contribution in [0.1, 0.15) is 70.5 Å². The molecule has 3 heterocycles. The molecule has 0 radical (unpaired) electrons. The molecule has 5 rings (SSSR count). The molecule has 44 heavy (non-hydrogen) atoms. The summed E-state index contributed by atoms with van der Waals surface area (Å²) in [6, 6.07) is 9.73. The molecule has 2 amide bonds. The maximum atomic E-state index is 13.3. The van der Waals surface area contributed by atoms with E-state index in [-0.39, 0.29) is 27.4 Å². The quantitative estimate of drug-likeness (QED) is 0.227. The van der Waals surface area contributed by atoms with Crippen molar-refractivity contribution in [2.24, 2.45) is 0 Å². The van der Waals surface area contributed by atoms with Crippen molar-refractivity contribution in [2.75, 3.05) is 11.9 Å². The first kappa shape index (κ1) is 31.8. The molecule has 232 valence electrons. The number of ether oxygens (including phenoxy) is 1. The Bertz CT molecular complexity index is 1770. The van der Waals surface area contributed by atoms with E-state index in [9.17, 15) is 14.4 Å². The van der Waals surface area contributed by atoms with E-state index in [4.69, 9.17) is 44.5 Å². The fourth-order valence-electron chi connectivity index (χ4n) is 5.18. The number of halogens is 3. The SMILES string of the molecule is CC(C)c1nn(-c2c(Cl)cc(Cl)cc2Cl)c2nc(Cc3ccc(NC(=O)C4CCCN4C(=O)OC(C)(C)C)cc3)[nH]c(=O)c12. The maximum absolute atomic E-state index is 13.3. The number of aromatic amines is 1. The van der Waals surface area contributed by atoms with Crippen molar-refractivity contribution in [3.05, 3.63) is 78.9 Å². The van der Waals surface area contributed by atoms with Gasteiger partial charge in [-0.25, -0.2) is 14.5 Å². The van der Waals surface area contributed by atoms with Crippen LogP contribution in [0, 0.1) is 0 Å². The van der Waals surface area contributed by atoms with Crippen LogP contribution in [0.2, 0.25) is 15.1 Å². The number of likely N-dealkylation sites (tertiary alicyclic amines) is 1. The molecule has 1 atom stereocenters. The van der Waals surface area contributed by atoms with Gasteiger partial charge in [-0.2, -0.15) is 5.10 Å². The number of carbonyl (C=O) groups is 2. The molecule has 2 N–H and O–H groups in total. The van der Waals surface area contributed by atoms with E-state index in [0.717, 1.165) is 12.0 Å². The van der Waals surface area contributed by atoms with Crippen LogP contribution in [0.15, 0.2) is 41.2 Å². The number of aromatic nitrogens is 4. The Balaban J connectivity index is 1.38. The highest BCUT2D eigenvalue weighted by Crippen LogP contribution is 2.34. The highest BCUT2D eigenvalue weighted by molar-refractivity contribution is 6.40. The van der Waals surface area contributed by atoms with Gasteiger partial charge >= 0.3 is 6.09 Å². The second-order valence-corrected chi connectivity index (χ2v) is 13.3. The van der Waals surface area contributed by atoms with Crippen molar-refractivity contribution in [3.63, 3.8) is 0 Å². The number of fused-ring (bicyclic) bond motifs is 1. The minimum Gasteiger partial charge on any atom is -0.444 e. The molecule has 0 aliphatic carbocycles. The van der Waals surface area contributed by atoms with Crippen molar-refractivity contribution in [2.45, 2.75) is 71.4 Å². The number of hydrogen-bond donors (Lipinski definition) is 2. The molecular weight excluding hydrogens is 627 g/mol. The van der Waals surface area contributed by atoms with Gasteiger partial charge in [0.15, 0.2) is 5.65 Å². The van der Waals surface area contributed by atoms with E-state index in [1.165, 1.54) is 9.58 Å². The lowest BCUT2D eigenvalue weighted by Gasteiger charge is -2.28. The lowest BCUT2D eigenvalue weighted by molar-refractivity contribution is -0.120. The number of amides is 2. The summed E-state index contributed by atoms with van der Waals surface area (Å²) in [5.74, 6) is 0.0720. The first-order valence-corrected chi connectivity index (χ1v) is 15.4. The molecule has 0 bridgehead atoms. The van der Waals surface area contributed by atoms with Crippen molar-refractivity contribution >= 4 is 63.5 Å². The lowest BCUT2D eigenvalue weighted by atomic mass is 10.1. The monoisotopic (exact) mass is 658 g/mol. The molecule has 0 spiro atoms. The zero-order chi connectivity index (χ0) is 31.9. The smallest absolute Gasteiger partial charge is 0.410 e. The molecule has 1 saturated heterocycles. The van der Waals surface area contributed by atoms with Crippen LogP contribution >= 0.6 is 34.8 Å². The summed E-state index contributed by atoms with van der Waals surface area (Å²) < 4.78 is 6.97. The summed E-state index contributed by atoms with van der Waals surface area (Å²) in [4.78, 5) is 48.1. The van der Waals surface area contributed by atoms with Gasteiger partial charge in [0, 0.05) is 23.7 Å². The Hall–Kier alpha value is -3.60. The van der Waals surface area contributed by atoms with Crippen LogP contribution in [0.3, 0.4) is 0 Å². The third-order valence-corrected chi connectivity index (χ3v) is 7.93. The maximum Gasteiger partial charge on any atom is 0.410 e. The number of nitrogens with zero attached hydrogens (tertiary/aromatic N) is 4. The normalized spacial score (nSPS) is 15.3. The standard InChI is InChI=1S/C31H33Cl3N6O4/c1-16(2)25-24-27(40(38-25)26-20(33)14-18(32)15-21(26)34)36-23(37-29(24)42)13-17-8-10-19(11-9-17)35-28(41)22-7-6-12-39(22)30(43)44-31(3,4)5/h8-11,14-16,22H,6-7,12-13H2,1-5H3,(H,35,41)(H,36,37,42). The number of nitrogens with one attached hydrogen (secondary N) is 2. The fourth-order valence-corrected chi connectivity index (χ4v) is 6.16. The molecule has 4 aromatic rings. The Morgan fingerprint density at radius 1 is 1.11 bits per heavy atom. The van der Waals surface area contributed by atoms with E-state index in [1.54, 1.807) is 45.0 Å². The molecule has 1 aliphatic heterocycles. The van der Waals surface area contributed by atoms with Gasteiger partial charge in [0.25, 0.3) is 5.56 Å². The van der Waals surface area contributed by atoms with Gasteiger partial charge < -0.3 is 15.0 Å². The number of anilines is 1. The van der Waals surface area contributed by atoms with Gasteiger partial charge in [-0.3, -0.25) is 14.5 Å². The predicted octanol–water partition coefficient (Wildman–Crippen LogP) is 7.12. The topological polar surface area (TPSA) is 122 Å². The van der Waals surface area contributed by atoms with Gasteiger partial charge in [-0.05, 0) is 69.4 Å². The van der Waals surface area contributed by atoms with Crippen LogP contribution in [-0.2, 0) is 16.0 Å². The van der Waals surface area contributed by atoms with Crippen LogP contribution in [-0.4, -0.2) is 54.8 Å². The molecule has 13 heteroatoms. The Kier molecular flexibility index (Phi) is 8.98. The van der Waals surface area contributed by atoms with Crippen molar-refractivity contribution in [1.29, 1.82) is 0 Å². The van der Waals surface area contributed by atoms with Gasteiger partial charge in [0.2, 0.25) is 5.91 Å². The molecule has 1 fully saturated rings. The second-order valence-electron chi connectivity index (χ2n) is 12.1. The number of hydrogen-bond acceptors (Lipinski definition) is 6. The zero-order valence-electron chi connectivity index (χ0n) is 25.0.